The molecule has 0 aromatic carbocycles. The molecule has 2 nitrogen and oxygen atoms in total. The molecule has 1 aromatic rings. The van der Waals surface area contributed by atoms with Crippen molar-refractivity contribution in [3.8, 4) is 0 Å². The highest BCUT2D eigenvalue weighted by Crippen LogP contribution is 2.05. The molecule has 0 bridgehead atoms. The summed E-state index contributed by atoms with van der Waals surface area (Å²) in [6.07, 6.45) is 2.82. The van der Waals surface area contributed by atoms with E-state index in [9.17, 15) is 0 Å². The molecule has 0 spiro atoms. The van der Waals surface area contributed by atoms with Gasteiger partial charge in [0.1, 0.15) is 0 Å². The summed E-state index contributed by atoms with van der Waals surface area (Å²) >= 11 is 5.69. The number of rotatable bonds is 4. The Morgan fingerprint density at radius 1 is 1.50 bits per heavy atom. The quantitative estimate of drug-likeness (QED) is 0.726. The van der Waals surface area contributed by atoms with E-state index in [1.807, 2.05) is 12.1 Å². The van der Waals surface area contributed by atoms with Crippen LogP contribution in [0.1, 0.15) is 19.0 Å². The Balaban J connectivity index is 2.37. The Morgan fingerprint density at radius 2 is 2.33 bits per heavy atom. The van der Waals surface area contributed by atoms with Crippen molar-refractivity contribution in [2.24, 2.45) is 0 Å². The fourth-order valence-electron chi connectivity index (χ4n) is 0.904. The van der Waals surface area contributed by atoms with Gasteiger partial charge in [0.25, 0.3) is 0 Å². The summed E-state index contributed by atoms with van der Waals surface area (Å²) in [6, 6.07) is 3.79. The molecule has 0 atom stereocenters. The summed E-state index contributed by atoms with van der Waals surface area (Å²) in [5.74, 6) is 0. The zero-order chi connectivity index (χ0) is 8.81. The molecular weight excluding hydrogens is 172 g/mol. The molecule has 0 amide bonds. The monoisotopic (exact) mass is 184 g/mol. The average molecular weight is 185 g/mol. The van der Waals surface area contributed by atoms with Crippen LogP contribution >= 0.6 is 11.6 Å². The van der Waals surface area contributed by atoms with E-state index in [1.54, 1.807) is 6.20 Å². The van der Waals surface area contributed by atoms with Crippen LogP contribution in [0, 0.1) is 0 Å². The first-order chi connectivity index (χ1) is 5.83. The lowest BCUT2D eigenvalue weighted by Gasteiger charge is -2.01. The largest absolute Gasteiger partial charge is 0.311 e. The van der Waals surface area contributed by atoms with Gasteiger partial charge in [-0.2, -0.15) is 0 Å². The SMILES string of the molecule is CCCNCc1ccc(Cl)cn1. The van der Waals surface area contributed by atoms with Crippen LogP contribution < -0.4 is 5.32 Å². The average Bonchev–Trinajstić information content (AvgIpc) is 2.09. The van der Waals surface area contributed by atoms with Gasteiger partial charge in [-0.3, -0.25) is 4.98 Å². The topological polar surface area (TPSA) is 24.9 Å². The predicted octanol–water partition coefficient (Wildman–Crippen LogP) is 2.23. The van der Waals surface area contributed by atoms with E-state index in [4.69, 9.17) is 11.6 Å². The van der Waals surface area contributed by atoms with Crippen LogP contribution in [0.25, 0.3) is 0 Å². The van der Waals surface area contributed by atoms with Gasteiger partial charge in [0.2, 0.25) is 0 Å². The molecule has 0 radical (unpaired) electrons. The maximum Gasteiger partial charge on any atom is 0.0589 e. The number of hydrogen-bond acceptors (Lipinski definition) is 2. The highest BCUT2D eigenvalue weighted by Gasteiger charge is 1.92. The normalized spacial score (nSPS) is 10.2. The Labute approximate surface area is 78.0 Å². The lowest BCUT2D eigenvalue weighted by molar-refractivity contribution is 0.664. The van der Waals surface area contributed by atoms with E-state index in [2.05, 4.69) is 17.2 Å². The minimum atomic E-state index is 0.689. The third kappa shape index (κ3) is 3.20. The molecule has 0 unspecified atom stereocenters. The molecule has 1 heterocycles. The maximum absolute atomic E-state index is 5.69. The first kappa shape index (κ1) is 9.49. The van der Waals surface area contributed by atoms with Crippen LogP contribution in [0.4, 0.5) is 0 Å². The summed E-state index contributed by atoms with van der Waals surface area (Å²) in [7, 11) is 0. The van der Waals surface area contributed by atoms with E-state index in [0.29, 0.717) is 5.02 Å². The van der Waals surface area contributed by atoms with Gasteiger partial charge >= 0.3 is 0 Å². The molecule has 0 aliphatic heterocycles. The van der Waals surface area contributed by atoms with Crippen molar-refractivity contribution in [3.05, 3.63) is 29.0 Å². The second-order valence-electron chi connectivity index (χ2n) is 2.64. The third-order valence-corrected chi connectivity index (χ3v) is 1.75. The molecule has 1 N–H and O–H groups in total. The van der Waals surface area contributed by atoms with E-state index in [-0.39, 0.29) is 0 Å². The molecule has 0 saturated heterocycles. The maximum atomic E-state index is 5.69. The molecule has 3 heteroatoms. The standard InChI is InChI=1S/C9H13ClN2/c1-2-5-11-7-9-4-3-8(10)6-12-9/h3-4,6,11H,2,5,7H2,1H3. The van der Waals surface area contributed by atoms with Crippen molar-refractivity contribution in [2.75, 3.05) is 6.54 Å². The zero-order valence-corrected chi connectivity index (χ0v) is 7.93. The summed E-state index contributed by atoms with van der Waals surface area (Å²) in [6.45, 7) is 4.00. The molecular formula is C9H13ClN2. The van der Waals surface area contributed by atoms with Crippen molar-refractivity contribution in [3.63, 3.8) is 0 Å². The molecule has 12 heavy (non-hydrogen) atoms. The Hall–Kier alpha value is -0.600. The van der Waals surface area contributed by atoms with E-state index >= 15 is 0 Å². The van der Waals surface area contributed by atoms with Crippen LogP contribution in [-0.2, 0) is 6.54 Å². The van der Waals surface area contributed by atoms with E-state index < -0.39 is 0 Å². The van der Waals surface area contributed by atoms with Gasteiger partial charge in [0.05, 0.1) is 10.7 Å². The lowest BCUT2D eigenvalue weighted by atomic mass is 10.3. The van der Waals surface area contributed by atoms with Crippen molar-refractivity contribution in [1.29, 1.82) is 0 Å². The van der Waals surface area contributed by atoms with Gasteiger partial charge in [-0.25, -0.2) is 0 Å². The highest BCUT2D eigenvalue weighted by atomic mass is 35.5. The third-order valence-electron chi connectivity index (χ3n) is 1.52. The second-order valence-corrected chi connectivity index (χ2v) is 3.08. The van der Waals surface area contributed by atoms with Gasteiger partial charge in [-0.15, -0.1) is 0 Å². The fourth-order valence-corrected chi connectivity index (χ4v) is 1.02. The first-order valence-electron chi connectivity index (χ1n) is 4.14. The highest BCUT2D eigenvalue weighted by molar-refractivity contribution is 6.30. The van der Waals surface area contributed by atoms with Crippen molar-refractivity contribution >= 4 is 11.6 Å². The molecule has 0 saturated carbocycles. The number of halogens is 1. The van der Waals surface area contributed by atoms with Crippen LogP contribution in [-0.4, -0.2) is 11.5 Å². The lowest BCUT2D eigenvalue weighted by Crippen LogP contribution is -2.14. The summed E-state index contributed by atoms with van der Waals surface area (Å²) in [5, 5.41) is 3.95. The van der Waals surface area contributed by atoms with Crippen molar-refractivity contribution < 1.29 is 0 Å². The smallest absolute Gasteiger partial charge is 0.0589 e. The van der Waals surface area contributed by atoms with Gasteiger partial charge in [0.15, 0.2) is 0 Å². The van der Waals surface area contributed by atoms with E-state index in [1.165, 1.54) is 0 Å². The van der Waals surface area contributed by atoms with Crippen LogP contribution in [0.2, 0.25) is 5.02 Å². The van der Waals surface area contributed by atoms with Gasteiger partial charge in [-0.05, 0) is 25.1 Å². The minimum Gasteiger partial charge on any atom is -0.311 e. The van der Waals surface area contributed by atoms with Crippen LogP contribution in [0.3, 0.4) is 0 Å². The Kier molecular flexibility index (Phi) is 4.05. The molecule has 0 fully saturated rings. The number of aromatic nitrogens is 1. The fraction of sp³-hybridized carbons (Fsp3) is 0.444. The molecule has 1 aromatic heterocycles. The molecule has 0 aliphatic rings. The molecule has 0 aliphatic carbocycles. The van der Waals surface area contributed by atoms with Gasteiger partial charge in [-0.1, -0.05) is 18.5 Å². The minimum absolute atomic E-state index is 0.689. The van der Waals surface area contributed by atoms with Gasteiger partial charge < -0.3 is 5.32 Å². The van der Waals surface area contributed by atoms with Crippen LogP contribution in [0.15, 0.2) is 18.3 Å². The number of nitrogens with zero attached hydrogens (tertiary/aromatic N) is 1. The van der Waals surface area contributed by atoms with Crippen LogP contribution in [0.5, 0.6) is 0 Å². The predicted molar refractivity (Wildman–Crippen MR) is 51.2 cm³/mol. The number of hydrogen-bond donors (Lipinski definition) is 1. The second kappa shape index (κ2) is 5.12. The van der Waals surface area contributed by atoms with Gasteiger partial charge in [0, 0.05) is 12.7 Å². The Morgan fingerprint density at radius 3 is 2.92 bits per heavy atom. The molecule has 1 rings (SSSR count). The van der Waals surface area contributed by atoms with Crippen molar-refractivity contribution in [1.82, 2.24) is 10.3 Å². The van der Waals surface area contributed by atoms with Crippen molar-refractivity contribution in [2.45, 2.75) is 19.9 Å². The first-order valence-corrected chi connectivity index (χ1v) is 4.52. The number of nitrogens with one attached hydrogen (secondary N) is 1. The summed E-state index contributed by atoms with van der Waals surface area (Å²) in [4.78, 5) is 4.16. The Bertz CT molecular complexity index is 220. The summed E-state index contributed by atoms with van der Waals surface area (Å²) in [5.41, 5.74) is 1.04. The zero-order valence-electron chi connectivity index (χ0n) is 7.18. The summed E-state index contributed by atoms with van der Waals surface area (Å²) < 4.78 is 0. The molecule has 66 valence electrons. The van der Waals surface area contributed by atoms with E-state index in [0.717, 1.165) is 25.2 Å². The number of pyridine rings is 1.